The van der Waals surface area contributed by atoms with E-state index in [0.717, 1.165) is 24.8 Å². The number of isocyanates is 1. The molecule has 19 heavy (non-hydrogen) atoms. The first kappa shape index (κ1) is 12.1. The zero-order chi connectivity index (χ0) is 13.3. The summed E-state index contributed by atoms with van der Waals surface area (Å²) in [5.74, 6) is 2.03. The van der Waals surface area contributed by atoms with E-state index in [-0.39, 0.29) is 0 Å². The number of carbonyl (C=O) groups excluding carboxylic acids is 1. The van der Waals surface area contributed by atoms with Crippen LogP contribution in [0, 0.1) is 0 Å². The summed E-state index contributed by atoms with van der Waals surface area (Å²) in [7, 11) is 1.60. The van der Waals surface area contributed by atoms with E-state index in [1.807, 2.05) is 6.07 Å². The van der Waals surface area contributed by atoms with Gasteiger partial charge in [-0.15, -0.1) is 0 Å². The highest BCUT2D eigenvalue weighted by atomic mass is 16.6. The van der Waals surface area contributed by atoms with Crippen LogP contribution in [0.3, 0.4) is 0 Å². The summed E-state index contributed by atoms with van der Waals surface area (Å²) in [4.78, 5) is 14.7. The molecular weight excluding hydrogens is 246 g/mol. The largest absolute Gasteiger partial charge is 0.497 e. The molecule has 2 aliphatic rings. The highest BCUT2D eigenvalue weighted by molar-refractivity contribution is 5.57. The zero-order valence-corrected chi connectivity index (χ0v) is 10.8. The van der Waals surface area contributed by atoms with E-state index in [0.29, 0.717) is 30.5 Å². The highest BCUT2D eigenvalue weighted by Crippen LogP contribution is 2.52. The molecule has 1 heterocycles. The maximum Gasteiger partial charge on any atom is 0.235 e. The van der Waals surface area contributed by atoms with Gasteiger partial charge < -0.3 is 14.2 Å². The number of rotatable bonds is 3. The first-order valence-corrected chi connectivity index (χ1v) is 6.36. The van der Waals surface area contributed by atoms with Gasteiger partial charge in [-0.1, -0.05) is 0 Å². The third-order valence-corrected chi connectivity index (χ3v) is 3.79. The van der Waals surface area contributed by atoms with E-state index in [9.17, 15) is 4.79 Å². The molecule has 5 nitrogen and oxygen atoms in total. The Morgan fingerprint density at radius 1 is 1.32 bits per heavy atom. The Labute approximate surface area is 111 Å². The fourth-order valence-corrected chi connectivity index (χ4v) is 2.63. The number of benzene rings is 1. The van der Waals surface area contributed by atoms with Gasteiger partial charge in [-0.2, -0.15) is 4.99 Å². The number of methoxy groups -OCH3 is 1. The van der Waals surface area contributed by atoms with E-state index in [4.69, 9.17) is 14.2 Å². The molecule has 0 unspecified atom stereocenters. The molecular formula is C14H15NO4. The van der Waals surface area contributed by atoms with Crippen molar-refractivity contribution in [2.24, 2.45) is 4.99 Å². The summed E-state index contributed by atoms with van der Waals surface area (Å²) in [5.41, 5.74) is 0.359. The van der Waals surface area contributed by atoms with E-state index in [2.05, 4.69) is 4.99 Å². The van der Waals surface area contributed by atoms with Gasteiger partial charge in [-0.25, -0.2) is 4.79 Å². The molecule has 1 saturated carbocycles. The second-order valence-corrected chi connectivity index (χ2v) is 4.79. The average molecular weight is 261 g/mol. The molecule has 1 aromatic carbocycles. The molecule has 0 atom stereocenters. The molecule has 3 rings (SSSR count). The van der Waals surface area contributed by atoms with Gasteiger partial charge in [0.1, 0.15) is 24.5 Å². The number of nitrogens with zero attached hydrogens (tertiary/aromatic N) is 1. The first-order chi connectivity index (χ1) is 9.29. The van der Waals surface area contributed by atoms with Gasteiger partial charge in [0.15, 0.2) is 11.5 Å². The van der Waals surface area contributed by atoms with Crippen LogP contribution in [-0.2, 0) is 10.3 Å². The Morgan fingerprint density at radius 3 is 2.74 bits per heavy atom. The summed E-state index contributed by atoms with van der Waals surface area (Å²) < 4.78 is 16.6. The molecule has 0 amide bonds. The first-order valence-electron chi connectivity index (χ1n) is 6.36. The number of hydrogen-bond acceptors (Lipinski definition) is 5. The highest BCUT2D eigenvalue weighted by Gasteiger charge is 2.43. The predicted molar refractivity (Wildman–Crippen MR) is 67.6 cm³/mol. The van der Waals surface area contributed by atoms with Crippen molar-refractivity contribution in [3.05, 3.63) is 17.7 Å². The monoisotopic (exact) mass is 261 g/mol. The molecule has 1 fully saturated rings. The van der Waals surface area contributed by atoms with Crippen molar-refractivity contribution in [2.75, 3.05) is 20.3 Å². The van der Waals surface area contributed by atoms with Crippen LogP contribution in [0.15, 0.2) is 17.1 Å². The third kappa shape index (κ3) is 1.87. The van der Waals surface area contributed by atoms with Gasteiger partial charge in [-0.05, 0) is 25.3 Å². The molecule has 100 valence electrons. The molecule has 1 aliphatic carbocycles. The van der Waals surface area contributed by atoms with Crippen LogP contribution in [0.5, 0.6) is 17.2 Å². The maximum atomic E-state index is 10.7. The third-order valence-electron chi connectivity index (χ3n) is 3.79. The van der Waals surface area contributed by atoms with Crippen LogP contribution in [0.1, 0.15) is 24.8 Å². The number of aliphatic imine (C=N–C) groups is 1. The van der Waals surface area contributed by atoms with Crippen LogP contribution in [0.2, 0.25) is 0 Å². The van der Waals surface area contributed by atoms with E-state index in [1.165, 1.54) is 0 Å². The summed E-state index contributed by atoms with van der Waals surface area (Å²) >= 11 is 0. The fourth-order valence-electron chi connectivity index (χ4n) is 2.63. The SMILES string of the molecule is COc1cc2c(c(C3(N=C=O)CCC3)c1)OCCO2. The Kier molecular flexibility index (Phi) is 2.91. The Hall–Kier alpha value is -2.00. The lowest BCUT2D eigenvalue weighted by atomic mass is 9.72. The molecule has 0 spiro atoms. The van der Waals surface area contributed by atoms with Gasteiger partial charge in [-0.3, -0.25) is 0 Å². The fraction of sp³-hybridized carbons (Fsp3) is 0.500. The van der Waals surface area contributed by atoms with Gasteiger partial charge in [0, 0.05) is 11.6 Å². The predicted octanol–water partition coefficient (Wildman–Crippen LogP) is 2.18. The summed E-state index contributed by atoms with van der Waals surface area (Å²) in [6, 6.07) is 3.68. The topological polar surface area (TPSA) is 57.1 Å². The quantitative estimate of drug-likeness (QED) is 0.618. The zero-order valence-electron chi connectivity index (χ0n) is 10.8. The smallest absolute Gasteiger partial charge is 0.235 e. The van der Waals surface area contributed by atoms with Crippen molar-refractivity contribution in [3.8, 4) is 17.2 Å². The Bertz CT molecular complexity index is 545. The van der Waals surface area contributed by atoms with Crippen LogP contribution in [0.25, 0.3) is 0 Å². The van der Waals surface area contributed by atoms with Crippen molar-refractivity contribution in [2.45, 2.75) is 24.8 Å². The molecule has 5 heteroatoms. The van der Waals surface area contributed by atoms with Crippen LogP contribution in [0.4, 0.5) is 0 Å². The van der Waals surface area contributed by atoms with Crippen molar-refractivity contribution >= 4 is 6.08 Å². The number of fused-ring (bicyclic) bond motifs is 1. The molecule has 1 aliphatic heterocycles. The van der Waals surface area contributed by atoms with Gasteiger partial charge in [0.25, 0.3) is 0 Å². The average Bonchev–Trinajstić information content (AvgIpc) is 2.41. The number of hydrogen-bond donors (Lipinski definition) is 0. The van der Waals surface area contributed by atoms with Crippen molar-refractivity contribution < 1.29 is 19.0 Å². The standard InChI is InChI=1S/C14H15NO4/c1-17-10-7-11(14(15-9-16)3-2-4-14)13-12(8-10)18-5-6-19-13/h7-8H,2-6H2,1H3. The van der Waals surface area contributed by atoms with Crippen molar-refractivity contribution in [1.29, 1.82) is 0 Å². The second kappa shape index (κ2) is 4.59. The van der Waals surface area contributed by atoms with Crippen LogP contribution >= 0.6 is 0 Å². The van der Waals surface area contributed by atoms with Gasteiger partial charge >= 0.3 is 0 Å². The molecule has 0 aromatic heterocycles. The van der Waals surface area contributed by atoms with E-state index in [1.54, 1.807) is 19.3 Å². The lowest BCUT2D eigenvalue weighted by molar-refractivity contribution is 0.159. The van der Waals surface area contributed by atoms with Crippen molar-refractivity contribution in [3.63, 3.8) is 0 Å². The normalized spacial score (nSPS) is 19.0. The molecule has 1 aromatic rings. The van der Waals surface area contributed by atoms with Crippen molar-refractivity contribution in [1.82, 2.24) is 0 Å². The van der Waals surface area contributed by atoms with E-state index < -0.39 is 5.54 Å². The Morgan fingerprint density at radius 2 is 2.11 bits per heavy atom. The minimum absolute atomic E-state index is 0.507. The molecule has 0 bridgehead atoms. The lowest BCUT2D eigenvalue weighted by Gasteiger charge is -2.39. The van der Waals surface area contributed by atoms with Crippen LogP contribution < -0.4 is 14.2 Å². The minimum Gasteiger partial charge on any atom is -0.497 e. The summed E-state index contributed by atoms with van der Waals surface area (Å²) in [5, 5.41) is 0. The van der Waals surface area contributed by atoms with E-state index >= 15 is 0 Å². The molecule has 0 radical (unpaired) electrons. The molecule has 0 saturated heterocycles. The van der Waals surface area contributed by atoms with Gasteiger partial charge in [0.2, 0.25) is 6.08 Å². The van der Waals surface area contributed by atoms with Gasteiger partial charge in [0.05, 0.1) is 7.11 Å². The second-order valence-electron chi connectivity index (χ2n) is 4.79. The number of ether oxygens (including phenoxy) is 3. The molecule has 0 N–H and O–H groups in total. The lowest BCUT2D eigenvalue weighted by Crippen LogP contribution is -2.33. The summed E-state index contributed by atoms with van der Waals surface area (Å²) in [6.45, 7) is 1.02. The minimum atomic E-state index is -0.513. The summed E-state index contributed by atoms with van der Waals surface area (Å²) in [6.07, 6.45) is 4.38. The Balaban J connectivity index is 2.15. The van der Waals surface area contributed by atoms with Crippen LogP contribution in [-0.4, -0.2) is 26.4 Å². The maximum absolute atomic E-state index is 10.7.